The van der Waals surface area contributed by atoms with E-state index in [9.17, 15) is 9.59 Å². The fraction of sp³-hybridized carbons (Fsp3) is 0.333. The minimum atomic E-state index is -0.189. The normalized spacial score (nSPS) is 20.7. The first-order chi connectivity index (χ1) is 9.58. The Kier molecular flexibility index (Phi) is 4.53. The van der Waals surface area contributed by atoms with Gasteiger partial charge in [0, 0.05) is 36.7 Å². The lowest BCUT2D eigenvalue weighted by Crippen LogP contribution is -2.32. The Hall–Kier alpha value is -2.14. The standard InChI is InChI=1S/C15H18N2O3/c1-10(19)16-13-4-2-3-12(8-13)15(20)17-14-6-5-11(7-14)9-18/h2-6,8,11,14,18H,7,9H2,1H3,(H,16,19)(H,17,20)/t11-,14+/m0/s1. The number of aliphatic hydroxyl groups is 1. The summed E-state index contributed by atoms with van der Waals surface area (Å²) in [6, 6.07) is 6.74. The van der Waals surface area contributed by atoms with Gasteiger partial charge in [0.2, 0.25) is 5.91 Å². The Labute approximate surface area is 117 Å². The van der Waals surface area contributed by atoms with Crippen molar-refractivity contribution in [2.45, 2.75) is 19.4 Å². The third-order valence-electron chi connectivity index (χ3n) is 3.17. The number of benzene rings is 1. The minimum absolute atomic E-state index is 0.0518. The summed E-state index contributed by atoms with van der Waals surface area (Å²) in [5.74, 6) is -0.247. The van der Waals surface area contributed by atoms with Crippen molar-refractivity contribution >= 4 is 17.5 Å². The van der Waals surface area contributed by atoms with E-state index in [-0.39, 0.29) is 30.4 Å². The SMILES string of the molecule is CC(=O)Nc1cccc(C(=O)N[C@@H]2C=C[C@H](CO)C2)c1. The van der Waals surface area contributed by atoms with E-state index in [0.717, 1.165) is 0 Å². The number of anilines is 1. The Morgan fingerprint density at radius 3 is 2.80 bits per heavy atom. The van der Waals surface area contributed by atoms with E-state index in [1.807, 2.05) is 12.2 Å². The van der Waals surface area contributed by atoms with Crippen LogP contribution in [0.1, 0.15) is 23.7 Å². The van der Waals surface area contributed by atoms with E-state index in [0.29, 0.717) is 17.7 Å². The van der Waals surface area contributed by atoms with Crippen LogP contribution in [0.25, 0.3) is 0 Å². The molecule has 1 aromatic rings. The van der Waals surface area contributed by atoms with Crippen LogP contribution in [-0.4, -0.2) is 29.6 Å². The van der Waals surface area contributed by atoms with Crippen LogP contribution in [0.2, 0.25) is 0 Å². The molecule has 0 radical (unpaired) electrons. The molecule has 0 heterocycles. The number of amides is 2. The first-order valence-electron chi connectivity index (χ1n) is 6.56. The van der Waals surface area contributed by atoms with Crippen LogP contribution in [0.5, 0.6) is 0 Å². The molecular formula is C15H18N2O3. The van der Waals surface area contributed by atoms with Crippen molar-refractivity contribution in [3.8, 4) is 0 Å². The van der Waals surface area contributed by atoms with Gasteiger partial charge < -0.3 is 15.7 Å². The first kappa shape index (κ1) is 14.3. The Bertz CT molecular complexity index is 540. The van der Waals surface area contributed by atoms with Gasteiger partial charge in [-0.25, -0.2) is 0 Å². The number of carbonyl (C=O) groups excluding carboxylic acids is 2. The van der Waals surface area contributed by atoms with Crippen molar-refractivity contribution in [3.05, 3.63) is 42.0 Å². The molecule has 1 aliphatic rings. The summed E-state index contributed by atoms with van der Waals surface area (Å²) in [6.07, 6.45) is 4.53. The molecule has 0 fully saturated rings. The van der Waals surface area contributed by atoms with Gasteiger partial charge in [-0.15, -0.1) is 0 Å². The van der Waals surface area contributed by atoms with Gasteiger partial charge in [0.25, 0.3) is 5.91 Å². The summed E-state index contributed by atoms with van der Waals surface area (Å²) in [5.41, 5.74) is 1.09. The van der Waals surface area contributed by atoms with Crippen LogP contribution in [0, 0.1) is 5.92 Å². The zero-order chi connectivity index (χ0) is 14.5. The molecule has 0 spiro atoms. The lowest BCUT2D eigenvalue weighted by atomic mass is 10.1. The number of hydrogen-bond acceptors (Lipinski definition) is 3. The average Bonchev–Trinajstić information content (AvgIpc) is 2.86. The number of rotatable bonds is 4. The topological polar surface area (TPSA) is 78.4 Å². The molecule has 0 saturated carbocycles. The quantitative estimate of drug-likeness (QED) is 0.724. The second-order valence-corrected chi connectivity index (χ2v) is 4.91. The van der Waals surface area contributed by atoms with Crippen LogP contribution in [0.4, 0.5) is 5.69 Å². The lowest BCUT2D eigenvalue weighted by molar-refractivity contribution is -0.114. The highest BCUT2D eigenvalue weighted by Gasteiger charge is 2.20. The van der Waals surface area contributed by atoms with Gasteiger partial charge in [0.05, 0.1) is 0 Å². The van der Waals surface area contributed by atoms with Crippen LogP contribution >= 0.6 is 0 Å². The van der Waals surface area contributed by atoms with Crippen molar-refractivity contribution in [2.75, 3.05) is 11.9 Å². The molecule has 20 heavy (non-hydrogen) atoms. The average molecular weight is 274 g/mol. The summed E-state index contributed by atoms with van der Waals surface area (Å²) in [6.45, 7) is 1.52. The molecule has 0 aliphatic heterocycles. The second-order valence-electron chi connectivity index (χ2n) is 4.91. The number of nitrogens with one attached hydrogen (secondary N) is 2. The molecule has 1 aliphatic carbocycles. The van der Waals surface area contributed by atoms with E-state index in [2.05, 4.69) is 10.6 Å². The fourth-order valence-corrected chi connectivity index (χ4v) is 2.21. The highest BCUT2D eigenvalue weighted by Crippen LogP contribution is 2.18. The zero-order valence-electron chi connectivity index (χ0n) is 11.3. The van der Waals surface area contributed by atoms with Crippen molar-refractivity contribution < 1.29 is 14.7 Å². The van der Waals surface area contributed by atoms with Gasteiger partial charge >= 0.3 is 0 Å². The molecule has 3 N–H and O–H groups in total. The third kappa shape index (κ3) is 3.68. The van der Waals surface area contributed by atoms with Crippen molar-refractivity contribution in [1.82, 2.24) is 5.32 Å². The van der Waals surface area contributed by atoms with Gasteiger partial charge in [-0.05, 0) is 24.6 Å². The maximum atomic E-state index is 12.1. The Balaban J connectivity index is 1.99. The molecule has 5 heteroatoms. The molecule has 106 valence electrons. The van der Waals surface area contributed by atoms with Gasteiger partial charge in [-0.2, -0.15) is 0 Å². The monoisotopic (exact) mass is 274 g/mol. The molecule has 0 saturated heterocycles. The summed E-state index contributed by atoms with van der Waals surface area (Å²) in [4.78, 5) is 23.1. The Morgan fingerprint density at radius 1 is 1.35 bits per heavy atom. The highest BCUT2D eigenvalue weighted by atomic mass is 16.3. The molecule has 5 nitrogen and oxygen atoms in total. The second kappa shape index (κ2) is 6.34. The van der Waals surface area contributed by atoms with Crippen molar-refractivity contribution in [1.29, 1.82) is 0 Å². The maximum Gasteiger partial charge on any atom is 0.251 e. The van der Waals surface area contributed by atoms with Gasteiger partial charge in [-0.1, -0.05) is 18.2 Å². The number of aliphatic hydroxyl groups excluding tert-OH is 1. The fourth-order valence-electron chi connectivity index (χ4n) is 2.21. The molecule has 2 rings (SSSR count). The van der Waals surface area contributed by atoms with Crippen LogP contribution in [0.15, 0.2) is 36.4 Å². The highest BCUT2D eigenvalue weighted by molar-refractivity contribution is 5.97. The number of carbonyl (C=O) groups is 2. The zero-order valence-corrected chi connectivity index (χ0v) is 11.3. The van der Waals surface area contributed by atoms with Gasteiger partial charge in [0.15, 0.2) is 0 Å². The first-order valence-corrected chi connectivity index (χ1v) is 6.56. The summed E-state index contributed by atoms with van der Waals surface area (Å²) >= 11 is 0. The predicted molar refractivity (Wildman–Crippen MR) is 76.3 cm³/mol. The van der Waals surface area contributed by atoms with Gasteiger partial charge in [-0.3, -0.25) is 9.59 Å². The molecular weight excluding hydrogens is 256 g/mol. The summed E-state index contributed by atoms with van der Waals surface area (Å²) < 4.78 is 0. The summed E-state index contributed by atoms with van der Waals surface area (Å²) in [7, 11) is 0. The molecule has 0 bridgehead atoms. The molecule has 0 aromatic heterocycles. The van der Waals surface area contributed by atoms with Crippen LogP contribution < -0.4 is 10.6 Å². The van der Waals surface area contributed by atoms with Crippen LogP contribution in [-0.2, 0) is 4.79 Å². The van der Waals surface area contributed by atoms with Gasteiger partial charge in [0.1, 0.15) is 0 Å². The maximum absolute atomic E-state index is 12.1. The predicted octanol–water partition coefficient (Wildman–Crippen LogP) is 1.31. The lowest BCUT2D eigenvalue weighted by Gasteiger charge is -2.13. The molecule has 2 atom stereocenters. The van der Waals surface area contributed by atoms with E-state index in [1.165, 1.54) is 6.92 Å². The van der Waals surface area contributed by atoms with E-state index < -0.39 is 0 Å². The van der Waals surface area contributed by atoms with E-state index in [1.54, 1.807) is 24.3 Å². The van der Waals surface area contributed by atoms with Crippen molar-refractivity contribution in [2.24, 2.45) is 5.92 Å². The number of hydrogen-bond donors (Lipinski definition) is 3. The van der Waals surface area contributed by atoms with Crippen LogP contribution in [0.3, 0.4) is 0 Å². The molecule has 0 unspecified atom stereocenters. The summed E-state index contributed by atoms with van der Waals surface area (Å²) in [5, 5.41) is 14.6. The van der Waals surface area contributed by atoms with E-state index in [4.69, 9.17) is 5.11 Å². The largest absolute Gasteiger partial charge is 0.396 e. The third-order valence-corrected chi connectivity index (χ3v) is 3.17. The van der Waals surface area contributed by atoms with E-state index >= 15 is 0 Å². The smallest absolute Gasteiger partial charge is 0.251 e. The van der Waals surface area contributed by atoms with Crippen molar-refractivity contribution in [3.63, 3.8) is 0 Å². The molecule has 1 aromatic carbocycles. The minimum Gasteiger partial charge on any atom is -0.396 e. The Morgan fingerprint density at radius 2 is 2.15 bits per heavy atom. The molecule has 2 amide bonds.